The first-order valence-corrected chi connectivity index (χ1v) is 13.9. The molecule has 0 saturated carbocycles. The predicted molar refractivity (Wildman–Crippen MR) is 148 cm³/mol. The molecule has 3 amide bonds. The summed E-state index contributed by atoms with van der Waals surface area (Å²) in [6.45, 7) is 0.398. The lowest BCUT2D eigenvalue weighted by atomic mass is 10.0. The van der Waals surface area contributed by atoms with Crippen LogP contribution in [-0.2, 0) is 20.8 Å². The van der Waals surface area contributed by atoms with Gasteiger partial charge in [-0.1, -0.05) is 12.1 Å². The van der Waals surface area contributed by atoms with Gasteiger partial charge >= 0.3 is 0 Å². The lowest BCUT2D eigenvalue weighted by molar-refractivity contribution is -0.151. The number of amides is 3. The van der Waals surface area contributed by atoms with E-state index < -0.39 is 24.0 Å². The molecule has 2 aliphatic rings. The number of Topliss-reactive ketones (excluding diaryl/α,β-unsaturated/α-hetero) is 1. The number of carbonyl (C=O) groups is 4. The van der Waals surface area contributed by atoms with E-state index in [-0.39, 0.29) is 59.9 Å². The van der Waals surface area contributed by atoms with Crippen molar-refractivity contribution in [2.45, 2.75) is 56.3 Å². The molecular weight excluding hydrogens is 536 g/mol. The van der Waals surface area contributed by atoms with Crippen molar-refractivity contribution in [1.29, 1.82) is 0 Å². The lowest BCUT2D eigenvalue weighted by Gasteiger charge is -2.40. The smallest absolute Gasteiger partial charge is 0.243 e. The number of aromatic hydroxyl groups is 1. The van der Waals surface area contributed by atoms with E-state index in [1.54, 1.807) is 17.5 Å². The summed E-state index contributed by atoms with van der Waals surface area (Å²) >= 11 is 1.18. The fourth-order valence-electron chi connectivity index (χ4n) is 5.17. The molecule has 2 aromatic rings. The van der Waals surface area contributed by atoms with Crippen LogP contribution in [0.5, 0.6) is 5.75 Å². The summed E-state index contributed by atoms with van der Waals surface area (Å²) in [7, 11) is 0. The number of hydrogen-bond acceptors (Lipinski definition) is 9. The Balaban J connectivity index is 1.38. The van der Waals surface area contributed by atoms with E-state index >= 15 is 0 Å². The predicted octanol–water partition coefficient (Wildman–Crippen LogP) is -0.658. The van der Waals surface area contributed by atoms with Gasteiger partial charge in [0.1, 0.15) is 11.8 Å². The van der Waals surface area contributed by atoms with Crippen molar-refractivity contribution in [2.24, 2.45) is 22.2 Å². The van der Waals surface area contributed by atoms with Gasteiger partial charge in [0.2, 0.25) is 23.5 Å². The normalized spacial score (nSPS) is 20.0. The minimum atomic E-state index is -0.846. The van der Waals surface area contributed by atoms with Crippen LogP contribution in [0.4, 0.5) is 0 Å². The minimum Gasteiger partial charge on any atom is -0.508 e. The second kappa shape index (κ2) is 12.9. The Morgan fingerprint density at radius 1 is 1.20 bits per heavy atom. The van der Waals surface area contributed by atoms with Gasteiger partial charge in [-0.15, -0.1) is 11.3 Å². The third-order valence-electron chi connectivity index (χ3n) is 7.09. The number of benzene rings is 1. The highest BCUT2D eigenvalue weighted by molar-refractivity contribution is 7.11. The van der Waals surface area contributed by atoms with Gasteiger partial charge in [-0.25, -0.2) is 4.98 Å². The van der Waals surface area contributed by atoms with Crippen molar-refractivity contribution in [3.63, 3.8) is 0 Å². The second-order valence-electron chi connectivity index (χ2n) is 9.96. The quantitative estimate of drug-likeness (QED) is 0.100. The average Bonchev–Trinajstić information content (AvgIpc) is 3.61. The number of fused-ring (bicyclic) bond motifs is 1. The van der Waals surface area contributed by atoms with Crippen LogP contribution < -0.4 is 22.5 Å². The fraction of sp³-hybridized carbons (Fsp3) is 0.462. The number of nitrogens with zero attached hydrogens (tertiary/aromatic N) is 4. The standard InChI is InChI=1S/C26H34N8O5S/c27-18(12-15-3-6-17(35)7-4-15)25(39)33-13-16-5-8-20(34(16)21(36)14-33)23(38)32-19(2-1-9-31-26(28)29)22(37)24-30-10-11-40-24/h3-4,6-7,10-11,16,18-20,35H,1-2,5,8-9,12-14,27H2,(H,32,38)(H4,28,29,31)/t16-,18-,19?,20?/m0/s1. The molecule has 0 bridgehead atoms. The number of nitrogens with one attached hydrogen (secondary N) is 1. The Morgan fingerprint density at radius 2 is 1.95 bits per heavy atom. The summed E-state index contributed by atoms with van der Waals surface area (Å²) < 4.78 is 0. The maximum Gasteiger partial charge on any atom is 0.243 e. The number of phenolic OH excluding ortho intramolecular Hbond substituents is 1. The van der Waals surface area contributed by atoms with Crippen LogP contribution >= 0.6 is 11.3 Å². The third kappa shape index (κ3) is 6.93. The molecule has 4 rings (SSSR count). The minimum absolute atomic E-state index is 0.0544. The highest BCUT2D eigenvalue weighted by Gasteiger charge is 2.46. The van der Waals surface area contributed by atoms with E-state index in [1.807, 2.05) is 0 Å². The van der Waals surface area contributed by atoms with Crippen LogP contribution in [0.15, 0.2) is 40.8 Å². The van der Waals surface area contributed by atoms with Crippen LogP contribution in [-0.4, -0.2) is 93.2 Å². The summed E-state index contributed by atoms with van der Waals surface area (Å²) in [6.07, 6.45) is 3.49. The van der Waals surface area contributed by atoms with Gasteiger partial charge in [-0.3, -0.25) is 24.2 Å². The molecule has 8 N–H and O–H groups in total. The molecule has 3 heterocycles. The zero-order chi connectivity index (χ0) is 28.8. The van der Waals surface area contributed by atoms with E-state index in [0.717, 1.165) is 5.56 Å². The molecule has 0 aliphatic carbocycles. The van der Waals surface area contributed by atoms with Gasteiger partial charge in [0, 0.05) is 24.7 Å². The number of phenols is 1. The van der Waals surface area contributed by atoms with Crippen LogP contribution in [0.3, 0.4) is 0 Å². The number of carbonyl (C=O) groups excluding carboxylic acids is 4. The molecule has 1 aromatic heterocycles. The molecule has 2 fully saturated rings. The van der Waals surface area contributed by atoms with E-state index in [4.69, 9.17) is 17.2 Å². The maximum atomic E-state index is 13.4. The van der Waals surface area contributed by atoms with Crippen LogP contribution in [0.1, 0.15) is 41.0 Å². The Hall–Kier alpha value is -4.04. The summed E-state index contributed by atoms with van der Waals surface area (Å²) in [6, 6.07) is 3.68. The number of ketones is 1. The zero-order valence-electron chi connectivity index (χ0n) is 21.9. The van der Waals surface area contributed by atoms with Crippen molar-refractivity contribution in [3.05, 3.63) is 46.4 Å². The Morgan fingerprint density at radius 3 is 2.62 bits per heavy atom. The van der Waals surface area contributed by atoms with Crippen LogP contribution in [0.2, 0.25) is 0 Å². The number of hydrogen-bond donors (Lipinski definition) is 5. The summed E-state index contributed by atoms with van der Waals surface area (Å²) in [5, 5.41) is 14.2. The van der Waals surface area contributed by atoms with E-state index in [1.165, 1.54) is 39.5 Å². The molecule has 1 aromatic carbocycles. The van der Waals surface area contributed by atoms with E-state index in [9.17, 15) is 24.3 Å². The summed E-state index contributed by atoms with van der Waals surface area (Å²) in [5.74, 6) is -1.35. The van der Waals surface area contributed by atoms with Crippen molar-refractivity contribution in [2.75, 3.05) is 19.6 Å². The molecule has 0 radical (unpaired) electrons. The van der Waals surface area contributed by atoms with Crippen molar-refractivity contribution in [1.82, 2.24) is 20.1 Å². The van der Waals surface area contributed by atoms with Crippen molar-refractivity contribution >= 4 is 40.8 Å². The number of nitrogens with two attached hydrogens (primary N) is 3. The number of guanidine groups is 1. The molecular formula is C26H34N8O5S. The average molecular weight is 571 g/mol. The zero-order valence-corrected chi connectivity index (χ0v) is 22.8. The molecule has 214 valence electrons. The van der Waals surface area contributed by atoms with Gasteiger partial charge in [0.05, 0.1) is 24.7 Å². The molecule has 14 heteroatoms. The Bertz CT molecular complexity index is 1250. The SMILES string of the molecule is NC(N)=NCCCC(NC(=O)C1CC[C@H]2CN(C(=O)[C@@H](N)Cc3ccc(O)cc3)CC(=O)N12)C(=O)c1nccs1. The van der Waals surface area contributed by atoms with Gasteiger partial charge in [-0.05, 0) is 49.8 Å². The topological polar surface area (TPSA) is 210 Å². The summed E-state index contributed by atoms with van der Waals surface area (Å²) in [5.41, 5.74) is 17.7. The van der Waals surface area contributed by atoms with Gasteiger partial charge in [-0.2, -0.15) is 0 Å². The lowest BCUT2D eigenvalue weighted by Crippen LogP contribution is -2.62. The molecule has 4 atom stereocenters. The largest absolute Gasteiger partial charge is 0.508 e. The third-order valence-corrected chi connectivity index (χ3v) is 7.88. The Labute approximate surface area is 235 Å². The fourth-order valence-corrected chi connectivity index (χ4v) is 5.80. The van der Waals surface area contributed by atoms with E-state index in [2.05, 4.69) is 15.3 Å². The molecule has 40 heavy (non-hydrogen) atoms. The highest BCUT2D eigenvalue weighted by Crippen LogP contribution is 2.29. The monoisotopic (exact) mass is 570 g/mol. The second-order valence-corrected chi connectivity index (χ2v) is 10.8. The van der Waals surface area contributed by atoms with Crippen LogP contribution in [0, 0.1) is 0 Å². The van der Waals surface area contributed by atoms with Crippen molar-refractivity contribution < 1.29 is 24.3 Å². The maximum absolute atomic E-state index is 13.4. The first-order valence-electron chi connectivity index (χ1n) is 13.1. The first-order chi connectivity index (χ1) is 19.1. The number of aliphatic imine (C=N–C) groups is 1. The van der Waals surface area contributed by atoms with Gasteiger partial charge in [0.25, 0.3) is 0 Å². The number of thiazole rings is 1. The summed E-state index contributed by atoms with van der Waals surface area (Å²) in [4.78, 5) is 63.6. The molecule has 2 unspecified atom stereocenters. The van der Waals surface area contributed by atoms with Crippen molar-refractivity contribution in [3.8, 4) is 5.75 Å². The molecule has 2 saturated heterocycles. The number of rotatable bonds is 11. The molecule has 13 nitrogen and oxygen atoms in total. The van der Waals surface area contributed by atoms with Gasteiger partial charge in [0.15, 0.2) is 11.0 Å². The van der Waals surface area contributed by atoms with Gasteiger partial charge < -0.3 is 37.4 Å². The molecule has 2 aliphatic heterocycles. The highest BCUT2D eigenvalue weighted by atomic mass is 32.1. The number of piperazine rings is 1. The van der Waals surface area contributed by atoms with E-state index in [0.29, 0.717) is 32.2 Å². The Kier molecular flexibility index (Phi) is 9.32. The van der Waals surface area contributed by atoms with Crippen LogP contribution in [0.25, 0.3) is 0 Å². The first kappa shape index (κ1) is 29.0. The molecule has 0 spiro atoms. The number of aromatic nitrogens is 1.